The Morgan fingerprint density at radius 3 is 2.60 bits per heavy atom. The molecule has 0 bridgehead atoms. The van der Waals surface area contributed by atoms with E-state index in [9.17, 15) is 10.1 Å². The molecular formula is C30H34N4O. The van der Waals surface area contributed by atoms with Gasteiger partial charge in [-0.05, 0) is 69.1 Å². The third-order valence-electron chi connectivity index (χ3n) is 7.20. The lowest BCUT2D eigenvalue weighted by Crippen LogP contribution is -2.44. The van der Waals surface area contributed by atoms with Gasteiger partial charge in [0.05, 0.1) is 17.2 Å². The number of carbonyl (C=O) groups is 1. The number of hydrogen-bond acceptors (Lipinski definition) is 4. The molecule has 2 fully saturated rings. The number of benzene rings is 1. The first-order chi connectivity index (χ1) is 17.1. The topological polar surface area (TPSA) is 69.9 Å². The van der Waals surface area contributed by atoms with Crippen LogP contribution in [0.15, 0.2) is 78.8 Å². The number of allylic oxidation sites excluding steroid dienone is 5. The molecule has 1 aliphatic heterocycles. The van der Waals surface area contributed by atoms with Crippen molar-refractivity contribution < 1.29 is 4.79 Å². The summed E-state index contributed by atoms with van der Waals surface area (Å²) in [6.07, 6.45) is 17.6. The highest BCUT2D eigenvalue weighted by Crippen LogP contribution is 2.44. The minimum atomic E-state index is -0.426. The molecule has 2 heterocycles. The van der Waals surface area contributed by atoms with Gasteiger partial charge in [-0.1, -0.05) is 54.6 Å². The fraction of sp³-hybridized carbons (Fsp3) is 0.400. The number of aromatic nitrogens is 2. The Labute approximate surface area is 208 Å². The van der Waals surface area contributed by atoms with Gasteiger partial charge in [0.15, 0.2) is 0 Å². The van der Waals surface area contributed by atoms with Crippen LogP contribution in [-0.2, 0) is 11.2 Å². The highest BCUT2D eigenvalue weighted by molar-refractivity contribution is 5.95. The lowest BCUT2D eigenvalue weighted by Gasteiger charge is -2.38. The molecule has 1 atom stereocenters. The summed E-state index contributed by atoms with van der Waals surface area (Å²) in [7, 11) is 0. The zero-order chi connectivity index (χ0) is 24.7. The van der Waals surface area contributed by atoms with Crippen LogP contribution in [-0.4, -0.2) is 33.9 Å². The predicted molar refractivity (Wildman–Crippen MR) is 138 cm³/mol. The molecule has 1 aliphatic carbocycles. The molecule has 1 aromatic heterocycles. The first kappa shape index (κ1) is 24.6. The second-order valence-electron chi connectivity index (χ2n) is 9.62. The fourth-order valence-electron chi connectivity index (χ4n) is 5.05. The number of likely N-dealkylation sites (tertiary alicyclic amines) is 1. The number of carbonyl (C=O) groups excluding carboxylic acids is 1. The third-order valence-corrected chi connectivity index (χ3v) is 7.20. The molecule has 2 aliphatic rings. The summed E-state index contributed by atoms with van der Waals surface area (Å²) >= 11 is 0. The van der Waals surface area contributed by atoms with Gasteiger partial charge < -0.3 is 4.90 Å². The SMILES string of the molecule is C/C=C\C=C(\C(=O)N1CCC(C#N)(Cc2ccccc2C2CC2)CC1)C(/C=C\C)c1ccncn1. The molecule has 35 heavy (non-hydrogen) atoms. The minimum absolute atomic E-state index is 0.00901. The molecule has 1 saturated heterocycles. The average Bonchev–Trinajstić information content (AvgIpc) is 3.75. The number of nitrogens with zero attached hydrogens (tertiary/aromatic N) is 4. The lowest BCUT2D eigenvalue weighted by molar-refractivity contribution is -0.129. The summed E-state index contributed by atoms with van der Waals surface area (Å²) < 4.78 is 0. The molecule has 1 amide bonds. The molecule has 0 radical (unpaired) electrons. The van der Waals surface area contributed by atoms with Crippen molar-refractivity contribution in [3.8, 4) is 6.07 Å². The number of hydrogen-bond donors (Lipinski definition) is 0. The van der Waals surface area contributed by atoms with E-state index in [1.54, 1.807) is 6.20 Å². The second kappa shape index (κ2) is 11.3. The van der Waals surface area contributed by atoms with Crippen LogP contribution < -0.4 is 0 Å². The van der Waals surface area contributed by atoms with Crippen molar-refractivity contribution in [2.24, 2.45) is 5.41 Å². The van der Waals surface area contributed by atoms with E-state index in [1.165, 1.54) is 30.3 Å². The first-order valence-corrected chi connectivity index (χ1v) is 12.6. The van der Waals surface area contributed by atoms with Crippen molar-refractivity contribution >= 4 is 5.91 Å². The highest BCUT2D eigenvalue weighted by atomic mass is 16.2. The van der Waals surface area contributed by atoms with Gasteiger partial charge in [0.1, 0.15) is 6.33 Å². The van der Waals surface area contributed by atoms with E-state index >= 15 is 0 Å². The van der Waals surface area contributed by atoms with E-state index in [0.29, 0.717) is 37.4 Å². The number of nitriles is 1. The van der Waals surface area contributed by atoms with Crippen molar-refractivity contribution in [1.82, 2.24) is 14.9 Å². The van der Waals surface area contributed by atoms with Gasteiger partial charge in [0.2, 0.25) is 0 Å². The van der Waals surface area contributed by atoms with Crippen LogP contribution in [0.25, 0.3) is 0 Å². The Hall–Kier alpha value is -3.52. The average molecular weight is 467 g/mol. The fourth-order valence-corrected chi connectivity index (χ4v) is 5.05. The quantitative estimate of drug-likeness (QED) is 0.276. The molecule has 0 spiro atoms. The summed E-state index contributed by atoms with van der Waals surface area (Å²) in [5.74, 6) is 0.419. The van der Waals surface area contributed by atoms with Crippen LogP contribution in [0.5, 0.6) is 0 Å². The van der Waals surface area contributed by atoms with E-state index in [2.05, 4.69) is 40.3 Å². The van der Waals surface area contributed by atoms with Crippen LogP contribution >= 0.6 is 0 Å². The summed E-state index contributed by atoms with van der Waals surface area (Å²) in [5.41, 5.74) is 3.77. The molecule has 5 nitrogen and oxygen atoms in total. The van der Waals surface area contributed by atoms with Gasteiger partial charge in [0.25, 0.3) is 5.91 Å². The molecule has 180 valence electrons. The van der Waals surface area contributed by atoms with Crippen LogP contribution in [0, 0.1) is 16.7 Å². The highest BCUT2D eigenvalue weighted by Gasteiger charge is 2.39. The normalized spacial score (nSPS) is 19.1. The summed E-state index contributed by atoms with van der Waals surface area (Å²) in [6.45, 7) is 5.05. The zero-order valence-electron chi connectivity index (χ0n) is 20.7. The van der Waals surface area contributed by atoms with Crippen LogP contribution in [0.3, 0.4) is 0 Å². The maximum absolute atomic E-state index is 13.8. The Bertz CT molecular complexity index is 1150. The van der Waals surface area contributed by atoms with Crippen LogP contribution in [0.1, 0.15) is 68.2 Å². The van der Waals surface area contributed by atoms with Gasteiger partial charge in [-0.3, -0.25) is 4.79 Å². The van der Waals surface area contributed by atoms with Crippen molar-refractivity contribution in [2.75, 3.05) is 13.1 Å². The van der Waals surface area contributed by atoms with Gasteiger partial charge in [0, 0.05) is 30.8 Å². The monoisotopic (exact) mass is 466 g/mol. The number of amides is 1. The molecule has 0 N–H and O–H groups in total. The Morgan fingerprint density at radius 2 is 1.97 bits per heavy atom. The second-order valence-corrected chi connectivity index (χ2v) is 9.62. The first-order valence-electron chi connectivity index (χ1n) is 12.6. The van der Waals surface area contributed by atoms with Crippen molar-refractivity contribution in [3.63, 3.8) is 0 Å². The van der Waals surface area contributed by atoms with E-state index in [-0.39, 0.29) is 11.8 Å². The molecule has 1 saturated carbocycles. The smallest absolute Gasteiger partial charge is 0.250 e. The standard InChI is InChI=1S/C30H34N4O/c1-3-5-10-27(26(8-4-2)28-14-17-32-22-33-28)29(35)34-18-15-30(21-31,16-19-34)20-24-9-6-7-11-25(24)23-12-13-23/h3-11,14,17,22-23,26H,12-13,15-16,18-20H2,1-2H3/b5-3-,8-4-,27-10+. The molecule has 2 aromatic rings. The van der Waals surface area contributed by atoms with Crippen LogP contribution in [0.2, 0.25) is 0 Å². The van der Waals surface area contributed by atoms with E-state index < -0.39 is 5.41 Å². The van der Waals surface area contributed by atoms with Gasteiger partial charge in [-0.15, -0.1) is 0 Å². The molecular weight excluding hydrogens is 432 g/mol. The zero-order valence-corrected chi connectivity index (χ0v) is 20.7. The largest absolute Gasteiger partial charge is 0.339 e. The molecule has 5 heteroatoms. The summed E-state index contributed by atoms with van der Waals surface area (Å²) in [4.78, 5) is 24.1. The van der Waals surface area contributed by atoms with Crippen molar-refractivity contribution in [3.05, 3.63) is 95.6 Å². The van der Waals surface area contributed by atoms with Crippen LogP contribution in [0.4, 0.5) is 0 Å². The number of rotatable bonds is 8. The summed E-state index contributed by atoms with van der Waals surface area (Å²) in [6, 6.07) is 13.1. The van der Waals surface area contributed by atoms with Crippen molar-refractivity contribution in [2.45, 2.75) is 57.8 Å². The predicted octanol–water partition coefficient (Wildman–Crippen LogP) is 5.89. The molecule has 1 aromatic carbocycles. The molecule has 4 rings (SSSR count). The van der Waals surface area contributed by atoms with E-state index in [1.807, 2.05) is 55.2 Å². The van der Waals surface area contributed by atoms with Gasteiger partial charge in [-0.2, -0.15) is 5.26 Å². The Morgan fingerprint density at radius 1 is 1.20 bits per heavy atom. The van der Waals surface area contributed by atoms with Crippen molar-refractivity contribution in [1.29, 1.82) is 5.26 Å². The van der Waals surface area contributed by atoms with E-state index in [0.717, 1.165) is 12.1 Å². The Kier molecular flexibility index (Phi) is 7.92. The minimum Gasteiger partial charge on any atom is -0.339 e. The maximum atomic E-state index is 13.8. The van der Waals surface area contributed by atoms with Gasteiger partial charge >= 0.3 is 0 Å². The van der Waals surface area contributed by atoms with Gasteiger partial charge in [-0.25, -0.2) is 9.97 Å². The lowest BCUT2D eigenvalue weighted by atomic mass is 9.74. The third kappa shape index (κ3) is 5.77. The number of piperidine rings is 1. The maximum Gasteiger partial charge on any atom is 0.250 e. The molecule has 1 unspecified atom stereocenters. The summed E-state index contributed by atoms with van der Waals surface area (Å²) in [5, 5.41) is 10.2. The van der Waals surface area contributed by atoms with E-state index in [4.69, 9.17) is 0 Å². The Balaban J connectivity index is 1.52.